The van der Waals surface area contributed by atoms with Crippen molar-refractivity contribution in [2.24, 2.45) is 0 Å². The van der Waals surface area contributed by atoms with Gasteiger partial charge in [0.1, 0.15) is 0 Å². The Labute approximate surface area is 127 Å². The van der Waals surface area contributed by atoms with Crippen LogP contribution >= 0.6 is 23.2 Å². The van der Waals surface area contributed by atoms with E-state index < -0.39 is 0 Å². The summed E-state index contributed by atoms with van der Waals surface area (Å²) in [6, 6.07) is 4.98. The predicted molar refractivity (Wildman–Crippen MR) is 79.7 cm³/mol. The lowest BCUT2D eigenvalue weighted by Gasteiger charge is -2.13. The third-order valence-corrected chi connectivity index (χ3v) is 4.40. The smallest absolute Gasteiger partial charge is 0.182 e. The van der Waals surface area contributed by atoms with Crippen LogP contribution in [-0.4, -0.2) is 15.3 Å². The minimum Gasteiger partial charge on any atom is -0.327 e. The van der Waals surface area contributed by atoms with Crippen molar-refractivity contribution < 1.29 is 4.79 Å². The zero-order chi connectivity index (χ0) is 14.1. The molecular formula is C15H14Cl2N2O. The van der Waals surface area contributed by atoms with Crippen molar-refractivity contribution in [3.05, 3.63) is 51.5 Å². The molecule has 0 N–H and O–H groups in total. The Bertz CT molecular complexity index is 664. The lowest BCUT2D eigenvalue weighted by atomic mass is 10.0. The van der Waals surface area contributed by atoms with E-state index >= 15 is 0 Å². The second kappa shape index (κ2) is 5.58. The van der Waals surface area contributed by atoms with E-state index in [0.717, 1.165) is 18.5 Å². The molecule has 3 nitrogen and oxygen atoms in total. The summed E-state index contributed by atoms with van der Waals surface area (Å²) >= 11 is 11.8. The monoisotopic (exact) mass is 308 g/mol. The largest absolute Gasteiger partial charge is 0.327 e. The third kappa shape index (κ3) is 2.60. The van der Waals surface area contributed by atoms with Crippen LogP contribution < -0.4 is 0 Å². The van der Waals surface area contributed by atoms with Gasteiger partial charge in [0.05, 0.1) is 28.6 Å². The minimum absolute atomic E-state index is 0.0225. The molecule has 0 atom stereocenters. The minimum atomic E-state index is 0.0225. The Balaban J connectivity index is 1.82. The van der Waals surface area contributed by atoms with Gasteiger partial charge >= 0.3 is 0 Å². The summed E-state index contributed by atoms with van der Waals surface area (Å²) in [6.45, 7) is 0.306. The molecule has 1 heterocycles. The maximum atomic E-state index is 12.3. The van der Waals surface area contributed by atoms with Gasteiger partial charge in [-0.2, -0.15) is 0 Å². The summed E-state index contributed by atoms with van der Waals surface area (Å²) in [5.41, 5.74) is 2.92. The van der Waals surface area contributed by atoms with Crippen molar-refractivity contribution >= 4 is 29.0 Å². The molecule has 0 amide bonds. The Morgan fingerprint density at radius 3 is 2.80 bits per heavy atom. The van der Waals surface area contributed by atoms with E-state index in [1.807, 2.05) is 4.57 Å². The molecule has 1 aromatic carbocycles. The number of hydrogen-bond acceptors (Lipinski definition) is 2. The van der Waals surface area contributed by atoms with E-state index in [-0.39, 0.29) is 5.78 Å². The first-order chi connectivity index (χ1) is 9.65. The molecule has 0 saturated carbocycles. The summed E-state index contributed by atoms with van der Waals surface area (Å²) < 4.78 is 1.96. The van der Waals surface area contributed by atoms with Crippen molar-refractivity contribution in [1.29, 1.82) is 0 Å². The van der Waals surface area contributed by atoms with Gasteiger partial charge < -0.3 is 4.57 Å². The average molecular weight is 309 g/mol. The van der Waals surface area contributed by atoms with E-state index in [1.54, 1.807) is 24.5 Å². The van der Waals surface area contributed by atoms with Crippen molar-refractivity contribution in [1.82, 2.24) is 9.55 Å². The van der Waals surface area contributed by atoms with Crippen LogP contribution in [0.1, 0.15) is 34.6 Å². The number of fused-ring (bicyclic) bond motifs is 1. The van der Waals surface area contributed by atoms with Gasteiger partial charge in [-0.25, -0.2) is 4.98 Å². The Morgan fingerprint density at radius 1 is 1.20 bits per heavy atom. The van der Waals surface area contributed by atoms with Gasteiger partial charge in [0, 0.05) is 11.3 Å². The van der Waals surface area contributed by atoms with Gasteiger partial charge in [-0.05, 0) is 43.9 Å². The first-order valence-electron chi connectivity index (χ1n) is 6.66. The number of nitrogens with zero attached hydrogens (tertiary/aromatic N) is 2. The van der Waals surface area contributed by atoms with Gasteiger partial charge in [-0.1, -0.05) is 23.2 Å². The zero-order valence-electron chi connectivity index (χ0n) is 10.9. The van der Waals surface area contributed by atoms with Crippen LogP contribution in [0, 0.1) is 0 Å². The lowest BCUT2D eigenvalue weighted by Crippen LogP contribution is -2.14. The van der Waals surface area contributed by atoms with Gasteiger partial charge in [0.2, 0.25) is 0 Å². The molecule has 0 aliphatic heterocycles. The first kappa shape index (κ1) is 13.7. The molecule has 3 rings (SSSR count). The molecule has 0 radical (unpaired) electrons. The van der Waals surface area contributed by atoms with E-state index in [1.165, 1.54) is 18.5 Å². The lowest BCUT2D eigenvalue weighted by molar-refractivity contribution is 0.0971. The number of aryl methyl sites for hydroxylation is 1. The van der Waals surface area contributed by atoms with Crippen LogP contribution in [0.25, 0.3) is 0 Å². The highest BCUT2D eigenvalue weighted by molar-refractivity contribution is 6.42. The van der Waals surface area contributed by atoms with Crippen molar-refractivity contribution in [2.75, 3.05) is 0 Å². The van der Waals surface area contributed by atoms with Gasteiger partial charge in [-0.3, -0.25) is 4.79 Å². The highest BCUT2D eigenvalue weighted by Gasteiger charge is 2.17. The third-order valence-electron chi connectivity index (χ3n) is 3.67. The second-order valence-corrected chi connectivity index (χ2v) is 5.84. The summed E-state index contributed by atoms with van der Waals surface area (Å²) in [5.74, 6) is 0.0225. The fourth-order valence-corrected chi connectivity index (χ4v) is 2.88. The average Bonchev–Trinajstić information content (AvgIpc) is 2.85. The molecule has 20 heavy (non-hydrogen) atoms. The van der Waals surface area contributed by atoms with E-state index in [9.17, 15) is 4.79 Å². The van der Waals surface area contributed by atoms with E-state index in [0.29, 0.717) is 22.2 Å². The Morgan fingerprint density at radius 2 is 2.00 bits per heavy atom. The number of aromatic nitrogens is 2. The SMILES string of the molecule is O=C(Cn1cnc2c1CCCC2)c1ccc(Cl)c(Cl)c1. The molecule has 1 aliphatic rings. The van der Waals surface area contributed by atoms with Crippen LogP contribution in [-0.2, 0) is 19.4 Å². The number of rotatable bonds is 3. The van der Waals surface area contributed by atoms with E-state index in [2.05, 4.69) is 4.98 Å². The molecule has 1 aromatic heterocycles. The van der Waals surface area contributed by atoms with Crippen molar-refractivity contribution in [3.8, 4) is 0 Å². The van der Waals surface area contributed by atoms with E-state index in [4.69, 9.17) is 23.2 Å². The molecule has 1 aliphatic carbocycles. The number of benzene rings is 1. The zero-order valence-corrected chi connectivity index (χ0v) is 12.4. The molecule has 0 spiro atoms. The number of Topliss-reactive ketones (excluding diaryl/α,β-unsaturated/α-hetero) is 1. The molecule has 104 valence electrons. The second-order valence-electron chi connectivity index (χ2n) is 5.03. The maximum Gasteiger partial charge on any atom is 0.182 e. The van der Waals surface area contributed by atoms with Crippen LogP contribution in [0.2, 0.25) is 10.0 Å². The fourth-order valence-electron chi connectivity index (χ4n) is 2.58. The molecular weight excluding hydrogens is 295 g/mol. The quantitative estimate of drug-likeness (QED) is 0.805. The predicted octanol–water partition coefficient (Wildman–Crippen LogP) is 3.95. The number of halogens is 2. The molecule has 2 aromatic rings. The van der Waals surface area contributed by atoms with Crippen LogP contribution in [0.15, 0.2) is 24.5 Å². The molecule has 5 heteroatoms. The first-order valence-corrected chi connectivity index (χ1v) is 7.42. The summed E-state index contributed by atoms with van der Waals surface area (Å²) in [4.78, 5) is 16.7. The summed E-state index contributed by atoms with van der Waals surface area (Å²) in [5, 5.41) is 0.869. The number of hydrogen-bond donors (Lipinski definition) is 0. The highest BCUT2D eigenvalue weighted by atomic mass is 35.5. The number of ketones is 1. The molecule has 0 fully saturated rings. The van der Waals surface area contributed by atoms with Gasteiger partial charge in [0.25, 0.3) is 0 Å². The fraction of sp³-hybridized carbons (Fsp3) is 0.333. The normalized spacial score (nSPS) is 14.1. The molecule has 0 unspecified atom stereocenters. The summed E-state index contributed by atoms with van der Waals surface area (Å²) in [6.07, 6.45) is 6.14. The van der Waals surface area contributed by atoms with Crippen molar-refractivity contribution in [2.45, 2.75) is 32.2 Å². The van der Waals surface area contributed by atoms with Crippen LogP contribution in [0.4, 0.5) is 0 Å². The molecule has 0 saturated heterocycles. The van der Waals surface area contributed by atoms with Gasteiger partial charge in [-0.15, -0.1) is 0 Å². The summed E-state index contributed by atoms with van der Waals surface area (Å²) in [7, 11) is 0. The highest BCUT2D eigenvalue weighted by Crippen LogP contribution is 2.24. The number of imidazole rings is 1. The number of carbonyl (C=O) groups excluding carboxylic acids is 1. The number of carbonyl (C=O) groups is 1. The Hall–Kier alpha value is -1.32. The van der Waals surface area contributed by atoms with Crippen LogP contribution in [0.5, 0.6) is 0 Å². The maximum absolute atomic E-state index is 12.3. The van der Waals surface area contributed by atoms with Crippen molar-refractivity contribution in [3.63, 3.8) is 0 Å². The standard InChI is InChI=1S/C15H14Cl2N2O/c16-11-6-5-10(7-12(11)17)15(20)8-19-9-18-13-3-1-2-4-14(13)19/h5-7,9H,1-4,8H2. The molecule has 0 bridgehead atoms. The van der Waals surface area contributed by atoms with Crippen LogP contribution in [0.3, 0.4) is 0 Å². The topological polar surface area (TPSA) is 34.9 Å². The Kier molecular flexibility index (Phi) is 3.81. The van der Waals surface area contributed by atoms with Gasteiger partial charge in [0.15, 0.2) is 5.78 Å².